The Hall–Kier alpha value is -2.83. The Bertz CT molecular complexity index is 1030. The van der Waals surface area contributed by atoms with Gasteiger partial charge in [-0.25, -0.2) is 4.68 Å². The Labute approximate surface area is 165 Å². The first-order valence-electron chi connectivity index (χ1n) is 8.21. The first-order valence-corrected chi connectivity index (χ1v) is 8.97. The molecule has 2 aromatic carbocycles. The lowest BCUT2D eigenvalue weighted by molar-refractivity contribution is -0.125. The summed E-state index contributed by atoms with van der Waals surface area (Å²) >= 11 is 12.0. The Morgan fingerprint density at radius 3 is 2.63 bits per heavy atom. The van der Waals surface area contributed by atoms with E-state index < -0.39 is 6.04 Å². The van der Waals surface area contributed by atoms with Crippen molar-refractivity contribution in [1.82, 2.24) is 9.78 Å². The third-order valence-electron chi connectivity index (χ3n) is 4.32. The van der Waals surface area contributed by atoms with Crippen LogP contribution in [0.3, 0.4) is 0 Å². The largest absolute Gasteiger partial charge is 0.323 e. The number of para-hydroxylation sites is 1. The molecule has 0 aliphatic carbocycles. The van der Waals surface area contributed by atoms with Crippen LogP contribution in [0.2, 0.25) is 10.0 Å². The third kappa shape index (κ3) is 3.41. The molecule has 2 N–H and O–H groups in total. The highest BCUT2D eigenvalue weighted by Gasteiger charge is 2.33. The molecule has 0 fully saturated rings. The van der Waals surface area contributed by atoms with Crippen molar-refractivity contribution in [3.8, 4) is 11.1 Å². The van der Waals surface area contributed by atoms with Crippen LogP contribution in [0.1, 0.15) is 12.5 Å². The van der Waals surface area contributed by atoms with Crippen LogP contribution in [0.15, 0.2) is 54.7 Å². The van der Waals surface area contributed by atoms with Crippen molar-refractivity contribution in [2.45, 2.75) is 12.5 Å². The van der Waals surface area contributed by atoms with E-state index in [0.29, 0.717) is 21.6 Å². The van der Waals surface area contributed by atoms with Gasteiger partial charge in [0.05, 0.1) is 23.3 Å². The summed E-state index contributed by atoms with van der Waals surface area (Å²) in [7, 11) is 0. The standard InChI is InChI=1S/C19H14Cl2N4O2/c20-12-7-5-11(6-8-12)13-10-22-25-16(9-17(26)24-18(13)25)19(27)23-15-4-2-1-3-14(15)21/h1-8,10,16H,9H2,(H,23,27)(H,24,26)/t16-/m0/s1. The van der Waals surface area contributed by atoms with Crippen LogP contribution in [0.5, 0.6) is 0 Å². The van der Waals surface area contributed by atoms with Gasteiger partial charge in [-0.2, -0.15) is 5.10 Å². The summed E-state index contributed by atoms with van der Waals surface area (Å²) in [6, 6.07) is 13.3. The molecule has 1 atom stereocenters. The predicted molar refractivity (Wildman–Crippen MR) is 105 cm³/mol. The summed E-state index contributed by atoms with van der Waals surface area (Å²) in [6.07, 6.45) is 1.62. The van der Waals surface area contributed by atoms with Crippen LogP contribution in [0.4, 0.5) is 11.5 Å². The molecule has 0 bridgehead atoms. The van der Waals surface area contributed by atoms with Gasteiger partial charge in [0.1, 0.15) is 11.9 Å². The Morgan fingerprint density at radius 2 is 1.89 bits per heavy atom. The van der Waals surface area contributed by atoms with E-state index in [-0.39, 0.29) is 18.2 Å². The minimum absolute atomic E-state index is 0.00890. The van der Waals surface area contributed by atoms with E-state index in [0.717, 1.165) is 11.1 Å². The van der Waals surface area contributed by atoms with Gasteiger partial charge in [-0.15, -0.1) is 0 Å². The molecular weight excluding hydrogens is 387 g/mol. The minimum atomic E-state index is -0.772. The van der Waals surface area contributed by atoms with E-state index in [1.54, 1.807) is 42.6 Å². The Balaban J connectivity index is 1.67. The number of halogens is 2. The Morgan fingerprint density at radius 1 is 1.15 bits per heavy atom. The van der Waals surface area contributed by atoms with Crippen LogP contribution in [0, 0.1) is 0 Å². The number of fused-ring (bicyclic) bond motifs is 1. The number of carbonyl (C=O) groups is 2. The quantitative estimate of drug-likeness (QED) is 0.684. The molecule has 8 heteroatoms. The second kappa shape index (κ2) is 7.06. The average molecular weight is 401 g/mol. The van der Waals surface area contributed by atoms with Gasteiger partial charge in [0, 0.05) is 10.6 Å². The van der Waals surface area contributed by atoms with E-state index in [2.05, 4.69) is 15.7 Å². The zero-order valence-corrected chi connectivity index (χ0v) is 15.5. The van der Waals surface area contributed by atoms with Crippen molar-refractivity contribution in [2.24, 2.45) is 0 Å². The molecule has 1 aromatic heterocycles. The summed E-state index contributed by atoms with van der Waals surface area (Å²) in [4.78, 5) is 25.0. The number of hydrogen-bond donors (Lipinski definition) is 2. The maximum absolute atomic E-state index is 12.8. The summed E-state index contributed by atoms with van der Waals surface area (Å²) in [5.74, 6) is -0.129. The molecule has 2 amide bonds. The number of anilines is 2. The zero-order chi connectivity index (χ0) is 19.0. The van der Waals surface area contributed by atoms with Gasteiger partial charge in [-0.05, 0) is 29.8 Å². The number of aromatic nitrogens is 2. The van der Waals surface area contributed by atoms with Gasteiger partial charge in [0.2, 0.25) is 11.8 Å². The highest BCUT2D eigenvalue weighted by molar-refractivity contribution is 6.33. The van der Waals surface area contributed by atoms with E-state index >= 15 is 0 Å². The van der Waals surface area contributed by atoms with Gasteiger partial charge in [0.15, 0.2) is 0 Å². The highest BCUT2D eigenvalue weighted by atomic mass is 35.5. The number of hydrogen-bond acceptors (Lipinski definition) is 3. The number of amides is 2. The van der Waals surface area contributed by atoms with E-state index in [9.17, 15) is 9.59 Å². The van der Waals surface area contributed by atoms with Crippen LogP contribution in [-0.2, 0) is 9.59 Å². The van der Waals surface area contributed by atoms with E-state index in [1.807, 2.05) is 12.1 Å². The van der Waals surface area contributed by atoms with Crippen molar-refractivity contribution in [2.75, 3.05) is 10.6 Å². The summed E-state index contributed by atoms with van der Waals surface area (Å²) in [6.45, 7) is 0. The number of rotatable bonds is 3. The molecule has 3 aromatic rings. The maximum Gasteiger partial charge on any atom is 0.249 e. The van der Waals surface area contributed by atoms with Crippen LogP contribution < -0.4 is 10.6 Å². The molecule has 2 heterocycles. The summed E-state index contributed by atoms with van der Waals surface area (Å²) < 4.78 is 1.53. The van der Waals surface area contributed by atoms with Crippen molar-refractivity contribution < 1.29 is 9.59 Å². The smallest absolute Gasteiger partial charge is 0.249 e. The number of carbonyl (C=O) groups excluding carboxylic acids is 2. The van der Waals surface area contributed by atoms with E-state index in [4.69, 9.17) is 23.2 Å². The van der Waals surface area contributed by atoms with Crippen molar-refractivity contribution in [3.05, 3.63) is 64.8 Å². The fourth-order valence-electron chi connectivity index (χ4n) is 2.99. The van der Waals surface area contributed by atoms with Gasteiger partial charge in [-0.1, -0.05) is 47.5 Å². The highest BCUT2D eigenvalue weighted by Crippen LogP contribution is 2.35. The third-order valence-corrected chi connectivity index (χ3v) is 4.90. The van der Waals surface area contributed by atoms with Gasteiger partial charge >= 0.3 is 0 Å². The molecule has 0 saturated carbocycles. The molecule has 0 spiro atoms. The van der Waals surface area contributed by atoms with Crippen molar-refractivity contribution in [3.63, 3.8) is 0 Å². The monoisotopic (exact) mass is 400 g/mol. The number of nitrogens with one attached hydrogen (secondary N) is 2. The molecule has 0 saturated heterocycles. The molecular formula is C19H14Cl2N4O2. The topological polar surface area (TPSA) is 76.0 Å². The van der Waals surface area contributed by atoms with E-state index in [1.165, 1.54) is 4.68 Å². The first-order chi connectivity index (χ1) is 13.0. The molecule has 4 rings (SSSR count). The summed E-state index contributed by atoms with van der Waals surface area (Å²) in [5.41, 5.74) is 2.05. The lowest BCUT2D eigenvalue weighted by atomic mass is 10.1. The average Bonchev–Trinajstić information content (AvgIpc) is 3.07. The normalized spacial score (nSPS) is 15.8. The molecule has 136 valence electrons. The molecule has 6 nitrogen and oxygen atoms in total. The fourth-order valence-corrected chi connectivity index (χ4v) is 3.30. The van der Waals surface area contributed by atoms with Crippen LogP contribution >= 0.6 is 23.2 Å². The number of benzene rings is 2. The number of nitrogens with zero attached hydrogens (tertiary/aromatic N) is 2. The second-order valence-corrected chi connectivity index (χ2v) is 6.94. The minimum Gasteiger partial charge on any atom is -0.323 e. The lowest BCUT2D eigenvalue weighted by Crippen LogP contribution is -2.35. The summed E-state index contributed by atoms with van der Waals surface area (Å²) in [5, 5.41) is 10.9. The molecule has 1 aliphatic rings. The lowest BCUT2D eigenvalue weighted by Gasteiger charge is -2.24. The van der Waals surface area contributed by atoms with Crippen molar-refractivity contribution >= 4 is 46.5 Å². The zero-order valence-electron chi connectivity index (χ0n) is 13.9. The van der Waals surface area contributed by atoms with Crippen molar-refractivity contribution in [1.29, 1.82) is 0 Å². The molecule has 1 aliphatic heterocycles. The van der Waals surface area contributed by atoms with Crippen LogP contribution in [0.25, 0.3) is 11.1 Å². The fraction of sp³-hybridized carbons (Fsp3) is 0.105. The molecule has 27 heavy (non-hydrogen) atoms. The Kier molecular flexibility index (Phi) is 4.59. The molecule has 0 radical (unpaired) electrons. The molecule has 0 unspecified atom stereocenters. The first kappa shape index (κ1) is 17.6. The SMILES string of the molecule is O=C1C[C@@H](C(=O)Nc2ccccc2Cl)n2ncc(-c3ccc(Cl)cc3)c2N1. The predicted octanol–water partition coefficient (Wildman–Crippen LogP) is 4.38. The maximum atomic E-state index is 12.8. The second-order valence-electron chi connectivity index (χ2n) is 6.10. The van der Waals surface area contributed by atoms with Gasteiger partial charge < -0.3 is 10.6 Å². The van der Waals surface area contributed by atoms with Crippen LogP contribution in [-0.4, -0.2) is 21.6 Å². The van der Waals surface area contributed by atoms with Gasteiger partial charge in [-0.3, -0.25) is 9.59 Å². The van der Waals surface area contributed by atoms with Gasteiger partial charge in [0.25, 0.3) is 0 Å².